The zero-order valence-corrected chi connectivity index (χ0v) is 7.80. The van der Waals surface area contributed by atoms with Crippen LogP contribution in [0.3, 0.4) is 0 Å². The van der Waals surface area contributed by atoms with Gasteiger partial charge in [0.25, 0.3) is 10.1 Å². The van der Waals surface area contributed by atoms with Crippen LogP contribution in [0.15, 0.2) is 0 Å². The molecule has 0 rings (SSSR count). The first kappa shape index (κ1) is 10.8. The summed E-state index contributed by atoms with van der Waals surface area (Å²) in [6.45, 7) is 0. The monoisotopic (exact) mass is 226 g/mol. The number of rotatable bonds is 2. The van der Waals surface area contributed by atoms with E-state index in [1.54, 1.807) is 0 Å². The summed E-state index contributed by atoms with van der Waals surface area (Å²) in [6, 6.07) is 0. The van der Waals surface area contributed by atoms with Gasteiger partial charge >= 0.3 is 0 Å². The second kappa shape index (κ2) is 3.45. The molecular formula is C3H5Cl3O3S. The molecule has 0 spiro atoms. The summed E-state index contributed by atoms with van der Waals surface area (Å²) in [7, 11) is -4.01. The van der Waals surface area contributed by atoms with Gasteiger partial charge in [-0.05, 0) is 0 Å². The first-order valence-corrected chi connectivity index (χ1v) is 4.97. The summed E-state index contributed by atoms with van der Waals surface area (Å²) in [4.78, 5) is 0. The van der Waals surface area contributed by atoms with Crippen LogP contribution in [0.25, 0.3) is 0 Å². The molecule has 0 aromatic heterocycles. The van der Waals surface area contributed by atoms with E-state index in [-0.39, 0.29) is 6.42 Å². The van der Waals surface area contributed by atoms with Gasteiger partial charge in [0.1, 0.15) is 0 Å². The molecule has 0 heterocycles. The van der Waals surface area contributed by atoms with Crippen molar-refractivity contribution >= 4 is 44.9 Å². The molecule has 0 aliphatic rings. The van der Waals surface area contributed by atoms with Gasteiger partial charge in [-0.2, -0.15) is 8.42 Å². The molecule has 62 valence electrons. The first-order valence-electron chi connectivity index (χ1n) is 2.23. The maximum Gasteiger partial charge on any atom is 0.265 e. The smallest absolute Gasteiger partial charge is 0.265 e. The van der Waals surface area contributed by atoms with E-state index in [1.165, 1.54) is 0 Å². The Bertz CT molecular complexity index is 192. The predicted molar refractivity (Wildman–Crippen MR) is 41.3 cm³/mol. The van der Waals surface area contributed by atoms with Gasteiger partial charge in [-0.25, -0.2) is 0 Å². The molecule has 0 atom stereocenters. The van der Waals surface area contributed by atoms with Gasteiger partial charge in [-0.3, -0.25) is 4.55 Å². The van der Waals surface area contributed by atoms with Crippen LogP contribution >= 0.6 is 34.8 Å². The summed E-state index contributed by atoms with van der Waals surface area (Å²) in [5, 5.41) is 0. The second-order valence-corrected chi connectivity index (χ2v) is 5.74. The maximum absolute atomic E-state index is 10.1. The molecule has 0 aliphatic heterocycles. The minimum absolute atomic E-state index is 0.212. The van der Waals surface area contributed by atoms with Gasteiger partial charge in [0.2, 0.25) is 0 Å². The molecule has 0 aromatic rings. The average molecular weight is 227 g/mol. The largest absolute Gasteiger partial charge is 0.286 e. The zero-order chi connectivity index (χ0) is 8.41. The topological polar surface area (TPSA) is 54.4 Å². The van der Waals surface area contributed by atoms with Crippen LogP contribution in [0, 0.1) is 0 Å². The lowest BCUT2D eigenvalue weighted by Gasteiger charge is -2.07. The average Bonchev–Trinajstić information content (AvgIpc) is 1.57. The molecule has 0 aliphatic carbocycles. The second-order valence-electron chi connectivity index (χ2n) is 1.65. The van der Waals surface area contributed by atoms with Crippen LogP contribution in [0.5, 0.6) is 0 Å². The van der Waals surface area contributed by atoms with E-state index in [0.29, 0.717) is 0 Å². The molecule has 0 fully saturated rings. The molecule has 0 aromatic carbocycles. The van der Waals surface area contributed by atoms with E-state index in [0.717, 1.165) is 0 Å². The van der Waals surface area contributed by atoms with Crippen molar-refractivity contribution < 1.29 is 13.0 Å². The molecular weight excluding hydrogens is 222 g/mol. The molecule has 0 saturated carbocycles. The summed E-state index contributed by atoms with van der Waals surface area (Å²) < 4.78 is 26.7. The van der Waals surface area contributed by atoms with Crippen LogP contribution < -0.4 is 0 Å². The molecule has 0 amide bonds. The fraction of sp³-hybridized carbons (Fsp3) is 1.00. The van der Waals surface area contributed by atoms with E-state index < -0.39 is 19.7 Å². The van der Waals surface area contributed by atoms with Gasteiger partial charge in [0, 0.05) is 6.42 Å². The van der Waals surface area contributed by atoms with Crippen LogP contribution in [-0.4, -0.2) is 22.5 Å². The maximum atomic E-state index is 10.1. The molecule has 7 heteroatoms. The first-order chi connectivity index (χ1) is 4.21. The number of hydrogen-bond acceptors (Lipinski definition) is 2. The standard InChI is InChI=1S/C3H5Cl3O3S/c4-3(5,6)1-2-10(7,8)9/h1-2H2,(H,7,8,9). The minimum Gasteiger partial charge on any atom is -0.286 e. The van der Waals surface area contributed by atoms with E-state index in [1.807, 2.05) is 0 Å². The minimum atomic E-state index is -4.01. The molecule has 0 bridgehead atoms. The van der Waals surface area contributed by atoms with Crippen molar-refractivity contribution in [3.8, 4) is 0 Å². The Kier molecular flexibility index (Phi) is 3.72. The third-order valence-electron chi connectivity index (χ3n) is 0.643. The van der Waals surface area contributed by atoms with Gasteiger partial charge in [0.05, 0.1) is 5.75 Å². The van der Waals surface area contributed by atoms with Crippen LogP contribution in [0.1, 0.15) is 6.42 Å². The van der Waals surface area contributed by atoms with Gasteiger partial charge in [-0.15, -0.1) is 0 Å². The Hall–Kier alpha value is 0.780. The van der Waals surface area contributed by atoms with E-state index in [9.17, 15) is 8.42 Å². The molecule has 0 saturated heterocycles. The van der Waals surface area contributed by atoms with Crippen molar-refractivity contribution in [3.05, 3.63) is 0 Å². The third kappa shape index (κ3) is 8.78. The highest BCUT2D eigenvalue weighted by molar-refractivity contribution is 7.85. The Morgan fingerprint density at radius 2 is 1.70 bits per heavy atom. The molecule has 1 N–H and O–H groups in total. The normalized spacial score (nSPS) is 13.6. The lowest BCUT2D eigenvalue weighted by Crippen LogP contribution is -2.12. The highest BCUT2D eigenvalue weighted by Crippen LogP contribution is 2.29. The lowest BCUT2D eigenvalue weighted by molar-refractivity contribution is 0.481. The predicted octanol–water partition coefficient (Wildman–Crippen LogP) is 1.63. The van der Waals surface area contributed by atoms with Crippen molar-refractivity contribution in [1.82, 2.24) is 0 Å². The number of halogens is 3. The fourth-order valence-corrected chi connectivity index (χ4v) is 1.43. The van der Waals surface area contributed by atoms with Crippen molar-refractivity contribution in [1.29, 1.82) is 0 Å². The Morgan fingerprint density at radius 3 is 1.80 bits per heavy atom. The Morgan fingerprint density at radius 1 is 1.30 bits per heavy atom. The van der Waals surface area contributed by atoms with E-state index >= 15 is 0 Å². The zero-order valence-electron chi connectivity index (χ0n) is 4.72. The van der Waals surface area contributed by atoms with Crippen molar-refractivity contribution in [2.45, 2.75) is 10.2 Å². The Balaban J connectivity index is 3.79. The Labute approximate surface area is 74.0 Å². The van der Waals surface area contributed by atoms with Crippen LogP contribution in [-0.2, 0) is 10.1 Å². The quantitative estimate of drug-likeness (QED) is 0.576. The summed E-state index contributed by atoms with van der Waals surface area (Å²) >= 11 is 15.6. The summed E-state index contributed by atoms with van der Waals surface area (Å²) in [6.07, 6.45) is -0.212. The highest BCUT2D eigenvalue weighted by Gasteiger charge is 2.22. The van der Waals surface area contributed by atoms with Crippen LogP contribution in [0.2, 0.25) is 0 Å². The van der Waals surface area contributed by atoms with Gasteiger partial charge < -0.3 is 0 Å². The number of alkyl halides is 3. The molecule has 10 heavy (non-hydrogen) atoms. The van der Waals surface area contributed by atoms with Crippen LogP contribution in [0.4, 0.5) is 0 Å². The van der Waals surface area contributed by atoms with Crippen molar-refractivity contribution in [2.24, 2.45) is 0 Å². The number of hydrogen-bond donors (Lipinski definition) is 1. The van der Waals surface area contributed by atoms with Crippen molar-refractivity contribution in [2.75, 3.05) is 5.75 Å². The molecule has 0 unspecified atom stereocenters. The van der Waals surface area contributed by atoms with Gasteiger partial charge in [-0.1, -0.05) is 34.8 Å². The summed E-state index contributed by atoms with van der Waals surface area (Å²) in [5.41, 5.74) is 0. The van der Waals surface area contributed by atoms with E-state index in [4.69, 9.17) is 39.4 Å². The van der Waals surface area contributed by atoms with Crippen molar-refractivity contribution in [3.63, 3.8) is 0 Å². The lowest BCUT2D eigenvalue weighted by atomic mass is 10.6. The SMILES string of the molecule is O=S(=O)(O)CCC(Cl)(Cl)Cl. The molecule has 3 nitrogen and oxygen atoms in total. The highest BCUT2D eigenvalue weighted by atomic mass is 35.6. The third-order valence-corrected chi connectivity index (χ3v) is 1.93. The molecule has 0 radical (unpaired) electrons. The summed E-state index contributed by atoms with van der Waals surface area (Å²) in [5.74, 6) is -0.538. The van der Waals surface area contributed by atoms with E-state index in [2.05, 4.69) is 0 Å². The van der Waals surface area contributed by atoms with Gasteiger partial charge in [0.15, 0.2) is 3.79 Å². The fourth-order valence-electron chi connectivity index (χ4n) is 0.245.